The van der Waals surface area contributed by atoms with E-state index in [1.807, 2.05) is 0 Å². The zero-order valence-electron chi connectivity index (χ0n) is 8.80. The van der Waals surface area contributed by atoms with Gasteiger partial charge in [-0.1, -0.05) is 0 Å². The molecule has 0 amide bonds. The van der Waals surface area contributed by atoms with Crippen molar-refractivity contribution < 1.29 is 24.9 Å². The third-order valence-electron chi connectivity index (χ3n) is 3.86. The average molecular weight is 229 g/mol. The number of aliphatic carboxylic acids is 2. The van der Waals surface area contributed by atoms with Crippen molar-refractivity contribution in [3.63, 3.8) is 0 Å². The summed E-state index contributed by atoms with van der Waals surface area (Å²) >= 11 is 0. The first kappa shape index (κ1) is 11.3. The summed E-state index contributed by atoms with van der Waals surface area (Å²) in [6.07, 6.45) is 1.32. The molecule has 6 heteroatoms. The van der Waals surface area contributed by atoms with Crippen molar-refractivity contribution >= 4 is 11.9 Å². The number of hydrogen-bond donors (Lipinski definition) is 3. The van der Waals surface area contributed by atoms with Crippen molar-refractivity contribution in [3.05, 3.63) is 0 Å². The van der Waals surface area contributed by atoms with E-state index in [-0.39, 0.29) is 13.0 Å². The van der Waals surface area contributed by atoms with Crippen molar-refractivity contribution in [1.82, 2.24) is 4.90 Å². The van der Waals surface area contributed by atoms with Crippen LogP contribution in [0.3, 0.4) is 0 Å². The fourth-order valence-electron chi connectivity index (χ4n) is 3.11. The second kappa shape index (κ2) is 3.71. The van der Waals surface area contributed by atoms with Crippen molar-refractivity contribution in [2.75, 3.05) is 13.2 Å². The van der Waals surface area contributed by atoms with Crippen LogP contribution in [-0.4, -0.2) is 56.9 Å². The Morgan fingerprint density at radius 2 is 2.06 bits per heavy atom. The molecule has 16 heavy (non-hydrogen) atoms. The molecule has 0 unspecified atom stereocenters. The lowest BCUT2D eigenvalue weighted by atomic mass is 9.89. The van der Waals surface area contributed by atoms with E-state index >= 15 is 0 Å². The van der Waals surface area contributed by atoms with Crippen LogP contribution in [0.5, 0.6) is 0 Å². The summed E-state index contributed by atoms with van der Waals surface area (Å²) in [5.74, 6) is -2.76. The molecule has 90 valence electrons. The number of fused-ring (bicyclic) bond motifs is 1. The van der Waals surface area contributed by atoms with E-state index in [9.17, 15) is 19.8 Å². The first-order valence-electron chi connectivity index (χ1n) is 5.37. The van der Waals surface area contributed by atoms with Crippen LogP contribution in [0.2, 0.25) is 0 Å². The molecule has 3 atom stereocenters. The van der Waals surface area contributed by atoms with Gasteiger partial charge >= 0.3 is 11.9 Å². The van der Waals surface area contributed by atoms with Gasteiger partial charge in [-0.05, 0) is 25.8 Å². The Bertz CT molecular complexity index is 331. The molecule has 3 N–H and O–H groups in total. The summed E-state index contributed by atoms with van der Waals surface area (Å²) < 4.78 is 0. The number of carboxylic acids is 2. The van der Waals surface area contributed by atoms with Crippen LogP contribution < -0.4 is 0 Å². The molecule has 0 aromatic heterocycles. The number of rotatable bonds is 3. The maximum absolute atomic E-state index is 11.3. The van der Waals surface area contributed by atoms with Gasteiger partial charge in [-0.25, -0.2) is 0 Å². The third kappa shape index (κ3) is 1.33. The average Bonchev–Trinajstić information content (AvgIpc) is 2.72. The molecule has 0 aromatic rings. The number of nitrogens with zero attached hydrogens (tertiary/aromatic N) is 1. The Morgan fingerprint density at radius 1 is 1.38 bits per heavy atom. The van der Waals surface area contributed by atoms with E-state index in [2.05, 4.69) is 0 Å². The largest absolute Gasteiger partial charge is 0.481 e. The first-order valence-corrected chi connectivity index (χ1v) is 5.37. The van der Waals surface area contributed by atoms with Crippen molar-refractivity contribution in [2.45, 2.75) is 30.8 Å². The second-order valence-electron chi connectivity index (χ2n) is 4.53. The number of carbonyl (C=O) groups is 2. The molecule has 0 aromatic carbocycles. The molecule has 2 fully saturated rings. The zero-order valence-corrected chi connectivity index (χ0v) is 8.80. The van der Waals surface area contributed by atoms with Crippen LogP contribution in [0.25, 0.3) is 0 Å². The number of aliphatic hydroxyl groups is 1. The number of carboxylic acid groups (broad SMARTS) is 2. The van der Waals surface area contributed by atoms with Gasteiger partial charge in [0.25, 0.3) is 0 Å². The van der Waals surface area contributed by atoms with Crippen molar-refractivity contribution in [3.8, 4) is 0 Å². The van der Waals surface area contributed by atoms with Crippen LogP contribution in [0.15, 0.2) is 0 Å². The minimum Gasteiger partial charge on any atom is -0.481 e. The maximum atomic E-state index is 11.3. The molecule has 0 bridgehead atoms. The van der Waals surface area contributed by atoms with E-state index < -0.39 is 29.4 Å². The highest BCUT2D eigenvalue weighted by atomic mass is 16.4. The predicted molar refractivity (Wildman–Crippen MR) is 52.9 cm³/mol. The Kier molecular flexibility index (Phi) is 2.63. The molecule has 2 heterocycles. The highest BCUT2D eigenvalue weighted by molar-refractivity contribution is 5.83. The third-order valence-corrected chi connectivity index (χ3v) is 3.86. The van der Waals surface area contributed by atoms with Gasteiger partial charge in [0.2, 0.25) is 0 Å². The summed E-state index contributed by atoms with van der Waals surface area (Å²) in [5.41, 5.74) is -1.06. The topological polar surface area (TPSA) is 98.1 Å². The van der Waals surface area contributed by atoms with Gasteiger partial charge in [-0.2, -0.15) is 0 Å². The molecule has 0 spiro atoms. The van der Waals surface area contributed by atoms with E-state index in [4.69, 9.17) is 5.11 Å². The Hall–Kier alpha value is -1.14. The molecule has 2 aliphatic heterocycles. The van der Waals surface area contributed by atoms with Crippen LogP contribution in [0.4, 0.5) is 0 Å². The summed E-state index contributed by atoms with van der Waals surface area (Å²) in [6, 6.07) is -0.559. The lowest BCUT2D eigenvalue weighted by molar-refractivity contribution is -0.148. The van der Waals surface area contributed by atoms with Gasteiger partial charge in [0, 0.05) is 6.04 Å². The highest BCUT2D eigenvalue weighted by Gasteiger charge is 2.60. The van der Waals surface area contributed by atoms with Crippen LogP contribution in [0.1, 0.15) is 19.3 Å². The molecule has 0 saturated carbocycles. The molecule has 2 rings (SSSR count). The second-order valence-corrected chi connectivity index (χ2v) is 4.53. The summed E-state index contributed by atoms with van der Waals surface area (Å²) in [4.78, 5) is 24.0. The lowest BCUT2D eigenvalue weighted by Gasteiger charge is -2.30. The SMILES string of the molecule is O=C(O)[C@H]1C[C@@]2(C(=O)O)CCCN2[C@H]1CO. The Balaban J connectivity index is 2.34. The smallest absolute Gasteiger partial charge is 0.324 e. The van der Waals surface area contributed by atoms with E-state index in [1.165, 1.54) is 0 Å². The molecule has 0 aliphatic carbocycles. The van der Waals surface area contributed by atoms with E-state index in [0.29, 0.717) is 13.0 Å². The summed E-state index contributed by atoms with van der Waals surface area (Å²) in [6.45, 7) is 0.257. The van der Waals surface area contributed by atoms with Crippen molar-refractivity contribution in [2.24, 2.45) is 5.92 Å². The van der Waals surface area contributed by atoms with Gasteiger partial charge < -0.3 is 15.3 Å². The summed E-state index contributed by atoms with van der Waals surface area (Å²) in [7, 11) is 0. The monoisotopic (exact) mass is 229 g/mol. The number of hydrogen-bond acceptors (Lipinski definition) is 4. The minimum atomic E-state index is -1.06. The van der Waals surface area contributed by atoms with Gasteiger partial charge in [-0.15, -0.1) is 0 Å². The Labute approximate surface area is 92.5 Å². The molecule has 2 aliphatic rings. The normalized spacial score (nSPS) is 38.6. The van der Waals surface area contributed by atoms with E-state index in [1.54, 1.807) is 4.90 Å². The molecular weight excluding hydrogens is 214 g/mol. The quantitative estimate of drug-likeness (QED) is 0.596. The van der Waals surface area contributed by atoms with Crippen LogP contribution in [0, 0.1) is 5.92 Å². The standard InChI is InChI=1S/C10H15NO5/c12-5-7-6(8(13)14)4-10(9(15)16)2-1-3-11(7)10/h6-7,12H,1-5H2,(H,13,14)(H,15,16)/t6-,7-,10+/m0/s1. The van der Waals surface area contributed by atoms with Gasteiger partial charge in [0.1, 0.15) is 5.54 Å². The van der Waals surface area contributed by atoms with Gasteiger partial charge in [0.05, 0.1) is 12.5 Å². The summed E-state index contributed by atoms with van der Waals surface area (Å²) in [5, 5.41) is 27.5. The fraction of sp³-hybridized carbons (Fsp3) is 0.800. The predicted octanol–water partition coefficient (Wildman–Crippen LogP) is -0.629. The van der Waals surface area contributed by atoms with Crippen molar-refractivity contribution in [1.29, 1.82) is 0 Å². The highest BCUT2D eigenvalue weighted by Crippen LogP contribution is 2.45. The van der Waals surface area contributed by atoms with E-state index in [0.717, 1.165) is 6.42 Å². The molecule has 2 saturated heterocycles. The van der Waals surface area contributed by atoms with Gasteiger partial charge in [-0.3, -0.25) is 14.5 Å². The van der Waals surface area contributed by atoms with Crippen LogP contribution in [-0.2, 0) is 9.59 Å². The number of aliphatic hydroxyl groups excluding tert-OH is 1. The molecule has 6 nitrogen and oxygen atoms in total. The maximum Gasteiger partial charge on any atom is 0.324 e. The van der Waals surface area contributed by atoms with Crippen LogP contribution >= 0.6 is 0 Å². The lowest BCUT2D eigenvalue weighted by Crippen LogP contribution is -2.49. The first-order chi connectivity index (χ1) is 7.53. The molecule has 0 radical (unpaired) electrons. The minimum absolute atomic E-state index is 0.100. The molecular formula is C10H15NO5. The van der Waals surface area contributed by atoms with Gasteiger partial charge in [0.15, 0.2) is 0 Å². The zero-order chi connectivity index (χ0) is 11.9. The Morgan fingerprint density at radius 3 is 2.56 bits per heavy atom. The fourth-order valence-corrected chi connectivity index (χ4v) is 3.11.